The first kappa shape index (κ1) is 21.5. The van der Waals surface area contributed by atoms with Crippen molar-refractivity contribution in [3.63, 3.8) is 0 Å². The normalized spacial score (nSPS) is 11.2. The van der Waals surface area contributed by atoms with Gasteiger partial charge in [0.1, 0.15) is 5.70 Å². The molecule has 0 spiro atoms. The van der Waals surface area contributed by atoms with Crippen molar-refractivity contribution in [1.82, 2.24) is 15.5 Å². The molecular weight excluding hydrogens is 378 g/mol. The number of rotatable bonds is 9. The van der Waals surface area contributed by atoms with Gasteiger partial charge in [-0.05, 0) is 49.8 Å². The standard InChI is InChI=1S/C20H25N3O4S/c1-23(2)10-9-21-20(25)16(13-15-6-5-11-28-15)22-19(24)14-7-8-17(26-3)18(12-14)27-4/h5-8,11-13H,9-10H2,1-4H3,(H,21,25)(H,22,24)/b16-13-. The topological polar surface area (TPSA) is 79.9 Å². The Morgan fingerprint density at radius 1 is 1.14 bits per heavy atom. The molecule has 2 aromatic rings. The van der Waals surface area contributed by atoms with E-state index in [1.165, 1.54) is 25.6 Å². The van der Waals surface area contributed by atoms with Gasteiger partial charge in [-0.1, -0.05) is 6.07 Å². The Morgan fingerprint density at radius 3 is 2.50 bits per heavy atom. The summed E-state index contributed by atoms with van der Waals surface area (Å²) in [5, 5.41) is 7.43. The number of methoxy groups -OCH3 is 2. The third-order valence-electron chi connectivity index (χ3n) is 3.81. The van der Waals surface area contributed by atoms with Gasteiger partial charge in [-0.25, -0.2) is 0 Å². The third kappa shape index (κ3) is 6.11. The van der Waals surface area contributed by atoms with E-state index in [1.807, 2.05) is 36.5 Å². The van der Waals surface area contributed by atoms with E-state index in [0.29, 0.717) is 30.2 Å². The van der Waals surface area contributed by atoms with Crippen LogP contribution in [0.5, 0.6) is 11.5 Å². The van der Waals surface area contributed by atoms with Crippen LogP contribution < -0.4 is 20.1 Å². The van der Waals surface area contributed by atoms with Gasteiger partial charge in [0, 0.05) is 23.5 Å². The molecule has 1 aromatic carbocycles. The molecule has 7 nitrogen and oxygen atoms in total. The van der Waals surface area contributed by atoms with Gasteiger partial charge in [0.2, 0.25) is 0 Å². The lowest BCUT2D eigenvalue weighted by Gasteiger charge is -2.14. The van der Waals surface area contributed by atoms with Gasteiger partial charge in [0.15, 0.2) is 11.5 Å². The Hall–Kier alpha value is -2.84. The molecule has 150 valence electrons. The van der Waals surface area contributed by atoms with Crippen molar-refractivity contribution >= 4 is 29.2 Å². The van der Waals surface area contributed by atoms with E-state index in [0.717, 1.165) is 4.88 Å². The largest absolute Gasteiger partial charge is 0.493 e. The van der Waals surface area contributed by atoms with E-state index < -0.39 is 5.91 Å². The second-order valence-corrected chi connectivity index (χ2v) is 7.14. The van der Waals surface area contributed by atoms with Gasteiger partial charge in [0.05, 0.1) is 14.2 Å². The van der Waals surface area contributed by atoms with E-state index in [1.54, 1.807) is 24.3 Å². The summed E-state index contributed by atoms with van der Waals surface area (Å²) < 4.78 is 10.4. The first-order valence-electron chi connectivity index (χ1n) is 8.66. The molecule has 28 heavy (non-hydrogen) atoms. The number of benzene rings is 1. The summed E-state index contributed by atoms with van der Waals surface area (Å²) in [4.78, 5) is 28.1. The van der Waals surface area contributed by atoms with Crippen LogP contribution in [0, 0.1) is 0 Å². The molecule has 0 bridgehead atoms. The van der Waals surface area contributed by atoms with Crippen LogP contribution in [0.2, 0.25) is 0 Å². The molecule has 0 aliphatic heterocycles. The number of carbonyl (C=O) groups excluding carboxylic acids is 2. The highest BCUT2D eigenvalue weighted by atomic mass is 32.1. The van der Waals surface area contributed by atoms with Crippen LogP contribution >= 0.6 is 11.3 Å². The van der Waals surface area contributed by atoms with E-state index in [4.69, 9.17) is 9.47 Å². The third-order valence-corrected chi connectivity index (χ3v) is 4.63. The second-order valence-electron chi connectivity index (χ2n) is 6.16. The molecule has 2 N–H and O–H groups in total. The van der Waals surface area contributed by atoms with Gasteiger partial charge in [0.25, 0.3) is 11.8 Å². The molecule has 1 aromatic heterocycles. The molecule has 2 rings (SSSR count). The van der Waals surface area contributed by atoms with Crippen LogP contribution in [0.4, 0.5) is 0 Å². The predicted molar refractivity (Wildman–Crippen MR) is 111 cm³/mol. The Kier molecular flexibility index (Phi) is 8.03. The number of hydrogen-bond acceptors (Lipinski definition) is 6. The highest BCUT2D eigenvalue weighted by Crippen LogP contribution is 2.27. The molecule has 0 aliphatic carbocycles. The smallest absolute Gasteiger partial charge is 0.267 e. The second kappa shape index (κ2) is 10.5. The summed E-state index contributed by atoms with van der Waals surface area (Å²) in [6.45, 7) is 1.17. The van der Waals surface area contributed by atoms with Crippen molar-refractivity contribution in [2.45, 2.75) is 0 Å². The lowest BCUT2D eigenvalue weighted by molar-refractivity contribution is -0.117. The minimum Gasteiger partial charge on any atom is -0.493 e. The maximum Gasteiger partial charge on any atom is 0.267 e. The molecule has 0 unspecified atom stereocenters. The summed E-state index contributed by atoms with van der Waals surface area (Å²) in [6.07, 6.45) is 1.66. The molecule has 0 aliphatic rings. The van der Waals surface area contributed by atoms with Crippen molar-refractivity contribution in [1.29, 1.82) is 0 Å². The highest BCUT2D eigenvalue weighted by Gasteiger charge is 2.16. The lowest BCUT2D eigenvalue weighted by atomic mass is 10.1. The van der Waals surface area contributed by atoms with Crippen LogP contribution in [-0.4, -0.2) is 58.1 Å². The molecular formula is C20H25N3O4S. The van der Waals surface area contributed by atoms with E-state index in [9.17, 15) is 9.59 Å². The van der Waals surface area contributed by atoms with Crippen molar-refractivity contribution in [2.24, 2.45) is 0 Å². The number of nitrogens with one attached hydrogen (secondary N) is 2. The van der Waals surface area contributed by atoms with Crippen LogP contribution in [0.25, 0.3) is 6.08 Å². The van der Waals surface area contributed by atoms with Crippen molar-refractivity contribution in [2.75, 3.05) is 41.4 Å². The average molecular weight is 404 g/mol. The van der Waals surface area contributed by atoms with E-state index >= 15 is 0 Å². The quantitative estimate of drug-likeness (QED) is 0.628. The lowest BCUT2D eigenvalue weighted by Crippen LogP contribution is -2.37. The summed E-state index contributed by atoms with van der Waals surface area (Å²) in [5.74, 6) is 0.208. The van der Waals surface area contributed by atoms with Gasteiger partial charge in [-0.3, -0.25) is 9.59 Å². The summed E-state index contributed by atoms with van der Waals surface area (Å²) in [7, 11) is 6.87. The molecule has 0 fully saturated rings. The zero-order valence-electron chi connectivity index (χ0n) is 16.4. The van der Waals surface area contributed by atoms with Crippen LogP contribution in [0.3, 0.4) is 0 Å². The fourth-order valence-electron chi connectivity index (χ4n) is 2.33. The molecule has 2 amide bonds. The van der Waals surface area contributed by atoms with E-state index in [2.05, 4.69) is 10.6 Å². The molecule has 0 atom stereocenters. The monoisotopic (exact) mass is 403 g/mol. The van der Waals surface area contributed by atoms with Gasteiger partial charge < -0.3 is 25.0 Å². The minimum atomic E-state index is -0.411. The zero-order chi connectivity index (χ0) is 20.5. The maximum absolute atomic E-state index is 12.7. The van der Waals surface area contributed by atoms with Crippen LogP contribution in [0.15, 0.2) is 41.4 Å². The SMILES string of the molecule is COc1ccc(C(=O)N/C(=C\c2cccs2)C(=O)NCCN(C)C)cc1OC. The van der Waals surface area contributed by atoms with Crippen LogP contribution in [0.1, 0.15) is 15.2 Å². The molecule has 1 heterocycles. The first-order valence-corrected chi connectivity index (χ1v) is 9.54. The number of hydrogen-bond donors (Lipinski definition) is 2. The Bertz CT molecular complexity index is 832. The molecule has 0 radical (unpaired) electrons. The number of carbonyl (C=O) groups is 2. The molecule has 8 heteroatoms. The van der Waals surface area contributed by atoms with Crippen molar-refractivity contribution in [3.8, 4) is 11.5 Å². The average Bonchev–Trinajstić information content (AvgIpc) is 3.19. The fourth-order valence-corrected chi connectivity index (χ4v) is 2.99. The van der Waals surface area contributed by atoms with Gasteiger partial charge in [-0.15, -0.1) is 11.3 Å². The van der Waals surface area contributed by atoms with Crippen molar-refractivity contribution < 1.29 is 19.1 Å². The Balaban J connectivity index is 2.19. The Labute approximate surface area is 168 Å². The van der Waals surface area contributed by atoms with Crippen LogP contribution in [-0.2, 0) is 4.79 Å². The number of amides is 2. The zero-order valence-corrected chi connectivity index (χ0v) is 17.3. The molecule has 0 saturated heterocycles. The summed E-state index contributed by atoms with van der Waals surface area (Å²) >= 11 is 1.48. The predicted octanol–water partition coefficient (Wildman–Crippen LogP) is 2.21. The fraction of sp³-hybridized carbons (Fsp3) is 0.300. The van der Waals surface area contributed by atoms with E-state index in [-0.39, 0.29) is 11.6 Å². The first-order chi connectivity index (χ1) is 13.4. The van der Waals surface area contributed by atoms with Gasteiger partial charge >= 0.3 is 0 Å². The summed E-state index contributed by atoms with van der Waals surface area (Å²) in [6, 6.07) is 8.59. The maximum atomic E-state index is 12.7. The number of nitrogens with zero attached hydrogens (tertiary/aromatic N) is 1. The van der Waals surface area contributed by atoms with Crippen molar-refractivity contribution in [3.05, 3.63) is 51.8 Å². The Morgan fingerprint density at radius 2 is 1.89 bits per heavy atom. The summed E-state index contributed by atoms with van der Waals surface area (Å²) in [5.41, 5.74) is 0.539. The molecule has 0 saturated carbocycles. The highest BCUT2D eigenvalue weighted by molar-refractivity contribution is 7.10. The number of ether oxygens (including phenoxy) is 2. The number of thiophene rings is 1. The van der Waals surface area contributed by atoms with Gasteiger partial charge in [-0.2, -0.15) is 0 Å². The minimum absolute atomic E-state index is 0.181. The number of likely N-dealkylation sites (N-methyl/N-ethyl adjacent to an activating group) is 1.